The van der Waals surface area contributed by atoms with E-state index in [1.807, 2.05) is 0 Å². The average Bonchev–Trinajstić information content (AvgIpc) is 3.74. The molecule has 0 spiro atoms. The highest BCUT2D eigenvalue weighted by atomic mass is 16.5. The molecule has 0 fully saturated rings. The summed E-state index contributed by atoms with van der Waals surface area (Å²) in [6.45, 7) is 5.03. The molecular formula is C88H173NO5. The summed E-state index contributed by atoms with van der Waals surface area (Å²) in [5.41, 5.74) is 0. The first-order chi connectivity index (χ1) is 46.5. The molecule has 0 bridgehead atoms. The molecule has 2 unspecified atom stereocenters. The van der Waals surface area contributed by atoms with Gasteiger partial charge < -0.3 is 20.3 Å². The smallest absolute Gasteiger partial charge is 0.305 e. The van der Waals surface area contributed by atoms with E-state index in [1.54, 1.807) is 0 Å². The zero-order chi connectivity index (χ0) is 67.7. The van der Waals surface area contributed by atoms with Crippen molar-refractivity contribution in [2.75, 3.05) is 13.2 Å². The summed E-state index contributed by atoms with van der Waals surface area (Å²) in [4.78, 5) is 24.7. The van der Waals surface area contributed by atoms with Gasteiger partial charge in [0, 0.05) is 12.8 Å². The topological polar surface area (TPSA) is 95.9 Å². The summed E-state index contributed by atoms with van der Waals surface area (Å²) in [6, 6.07) is -0.540. The van der Waals surface area contributed by atoms with E-state index in [1.165, 1.54) is 443 Å². The van der Waals surface area contributed by atoms with Gasteiger partial charge in [0.15, 0.2) is 0 Å². The van der Waals surface area contributed by atoms with Crippen molar-refractivity contribution in [3.8, 4) is 0 Å². The maximum absolute atomic E-state index is 12.6. The second-order valence-electron chi connectivity index (χ2n) is 30.6. The van der Waals surface area contributed by atoms with E-state index < -0.39 is 12.1 Å². The lowest BCUT2D eigenvalue weighted by Gasteiger charge is -2.22. The molecule has 0 aliphatic heterocycles. The summed E-state index contributed by atoms with van der Waals surface area (Å²) in [6.07, 6.45) is 108. The number of amides is 1. The van der Waals surface area contributed by atoms with E-state index >= 15 is 0 Å². The van der Waals surface area contributed by atoms with Crippen LogP contribution >= 0.6 is 0 Å². The average molecular weight is 1330 g/mol. The Morgan fingerprint density at radius 3 is 0.755 bits per heavy atom. The van der Waals surface area contributed by atoms with Crippen LogP contribution in [-0.2, 0) is 14.3 Å². The largest absolute Gasteiger partial charge is 0.466 e. The summed E-state index contributed by atoms with van der Waals surface area (Å²) in [5.74, 6) is 0.00177. The van der Waals surface area contributed by atoms with Crippen LogP contribution in [0, 0.1) is 0 Å². The second kappa shape index (κ2) is 84.0. The zero-order valence-electron chi connectivity index (χ0n) is 64.5. The molecule has 94 heavy (non-hydrogen) atoms. The number of unbranched alkanes of at least 4 members (excludes halogenated alkanes) is 71. The minimum Gasteiger partial charge on any atom is -0.466 e. The molecule has 0 aliphatic rings. The Morgan fingerprint density at radius 2 is 0.500 bits per heavy atom. The van der Waals surface area contributed by atoms with Crippen molar-refractivity contribution in [1.29, 1.82) is 0 Å². The lowest BCUT2D eigenvalue weighted by molar-refractivity contribution is -0.143. The van der Waals surface area contributed by atoms with Gasteiger partial charge in [-0.3, -0.25) is 9.59 Å². The molecule has 0 aliphatic carbocycles. The lowest BCUT2D eigenvalue weighted by Crippen LogP contribution is -2.45. The maximum Gasteiger partial charge on any atom is 0.305 e. The van der Waals surface area contributed by atoms with Crippen molar-refractivity contribution in [1.82, 2.24) is 5.32 Å². The van der Waals surface area contributed by atoms with Gasteiger partial charge >= 0.3 is 5.97 Å². The zero-order valence-corrected chi connectivity index (χ0v) is 64.5. The SMILES string of the molecule is CCCCCCCCCCCCCCCCCCCCCCCCCC(O)C(CO)NC(=O)CCCCCCCCCCCCCCCCCCC/C=C\CCCCCCCCCCCCCCCCOC(=O)CCCCCCCCCCCCCCCCCCCCC. The lowest BCUT2D eigenvalue weighted by atomic mass is 10.0. The number of ether oxygens (including phenoxy) is 1. The Kier molecular flexibility index (Phi) is 82.8. The van der Waals surface area contributed by atoms with Crippen molar-refractivity contribution in [3.05, 3.63) is 12.2 Å². The van der Waals surface area contributed by atoms with Crippen molar-refractivity contribution in [3.63, 3.8) is 0 Å². The standard InChI is InChI=1S/C88H173NO5/c1-3-5-7-9-11-13-15-17-19-21-23-24-38-41-45-48-52-56-60-64-68-72-76-80-86(91)85(84-90)89-87(92)81-77-73-69-65-61-57-53-49-46-42-39-36-34-32-30-28-26-25-27-29-31-33-35-37-40-43-47-51-55-59-63-67-71-75-79-83-94-88(93)82-78-74-70-66-62-58-54-50-44-22-20-18-16-14-12-10-8-6-4-2/h27,29,85-86,90-91H,3-26,28,30-84H2,1-2H3,(H,89,92)/b29-27-. The molecule has 6 heteroatoms. The molecule has 0 heterocycles. The van der Waals surface area contributed by atoms with Crippen LogP contribution in [0.2, 0.25) is 0 Å². The summed E-state index contributed by atoms with van der Waals surface area (Å²) < 4.78 is 5.53. The highest BCUT2D eigenvalue weighted by Crippen LogP contribution is 2.21. The first-order valence-corrected chi connectivity index (χ1v) is 43.9. The monoisotopic (exact) mass is 1320 g/mol. The number of carbonyl (C=O) groups is 2. The van der Waals surface area contributed by atoms with Crippen molar-refractivity contribution in [2.45, 2.75) is 527 Å². The van der Waals surface area contributed by atoms with Crippen LogP contribution in [0.1, 0.15) is 515 Å². The molecule has 560 valence electrons. The summed E-state index contributed by atoms with van der Waals surface area (Å²) in [5, 5.41) is 23.5. The number of esters is 1. The van der Waals surface area contributed by atoms with Crippen LogP contribution in [0.4, 0.5) is 0 Å². The van der Waals surface area contributed by atoms with Crippen molar-refractivity contribution in [2.24, 2.45) is 0 Å². The maximum atomic E-state index is 12.6. The normalized spacial score (nSPS) is 12.4. The van der Waals surface area contributed by atoms with Gasteiger partial charge in [0.1, 0.15) is 0 Å². The van der Waals surface area contributed by atoms with E-state index in [2.05, 4.69) is 31.3 Å². The highest BCUT2D eigenvalue weighted by molar-refractivity contribution is 5.76. The van der Waals surface area contributed by atoms with Gasteiger partial charge in [-0.2, -0.15) is 0 Å². The molecular weight excluding hydrogens is 1150 g/mol. The van der Waals surface area contributed by atoms with Crippen LogP contribution in [-0.4, -0.2) is 47.4 Å². The van der Waals surface area contributed by atoms with E-state index in [0.29, 0.717) is 25.9 Å². The molecule has 0 aromatic carbocycles. The van der Waals surface area contributed by atoms with E-state index in [-0.39, 0.29) is 18.5 Å². The minimum absolute atomic E-state index is 0.0249. The number of allylic oxidation sites excluding steroid dienone is 2. The van der Waals surface area contributed by atoms with Crippen LogP contribution in [0.5, 0.6) is 0 Å². The Morgan fingerprint density at radius 1 is 0.287 bits per heavy atom. The fourth-order valence-electron chi connectivity index (χ4n) is 14.4. The summed E-state index contributed by atoms with van der Waals surface area (Å²) >= 11 is 0. The van der Waals surface area contributed by atoms with Gasteiger partial charge in [-0.25, -0.2) is 0 Å². The van der Waals surface area contributed by atoms with Crippen LogP contribution < -0.4 is 5.32 Å². The Bertz CT molecular complexity index is 1430. The van der Waals surface area contributed by atoms with E-state index in [0.717, 1.165) is 38.5 Å². The second-order valence-corrected chi connectivity index (χ2v) is 30.6. The van der Waals surface area contributed by atoms with Crippen LogP contribution in [0.25, 0.3) is 0 Å². The van der Waals surface area contributed by atoms with Gasteiger partial charge in [-0.1, -0.05) is 463 Å². The van der Waals surface area contributed by atoms with Crippen molar-refractivity contribution >= 4 is 11.9 Å². The Labute approximate surface area is 590 Å². The van der Waals surface area contributed by atoms with Gasteiger partial charge in [0.2, 0.25) is 5.91 Å². The molecule has 0 aromatic heterocycles. The van der Waals surface area contributed by atoms with E-state index in [9.17, 15) is 19.8 Å². The Balaban J connectivity index is 3.32. The molecule has 0 rings (SSSR count). The highest BCUT2D eigenvalue weighted by Gasteiger charge is 2.20. The third-order valence-electron chi connectivity index (χ3n) is 21.1. The predicted molar refractivity (Wildman–Crippen MR) is 417 cm³/mol. The van der Waals surface area contributed by atoms with Crippen LogP contribution in [0.15, 0.2) is 12.2 Å². The number of hydrogen-bond acceptors (Lipinski definition) is 5. The third-order valence-corrected chi connectivity index (χ3v) is 21.1. The van der Waals surface area contributed by atoms with Gasteiger partial charge in [0.05, 0.1) is 25.4 Å². The van der Waals surface area contributed by atoms with Crippen molar-refractivity contribution < 1.29 is 24.5 Å². The first kappa shape index (κ1) is 92.6. The fourth-order valence-corrected chi connectivity index (χ4v) is 14.4. The van der Waals surface area contributed by atoms with E-state index in [4.69, 9.17) is 4.74 Å². The third kappa shape index (κ3) is 79.6. The predicted octanol–water partition coefficient (Wildman–Crippen LogP) is 29.4. The Hall–Kier alpha value is -1.40. The number of aliphatic hydroxyl groups excluding tert-OH is 2. The quantitative estimate of drug-likeness (QED) is 0.0320. The molecule has 3 N–H and O–H groups in total. The minimum atomic E-state index is -0.663. The number of nitrogens with one attached hydrogen (secondary N) is 1. The molecule has 0 aromatic rings. The number of hydrogen-bond donors (Lipinski definition) is 3. The molecule has 0 radical (unpaired) electrons. The van der Waals surface area contributed by atoms with Gasteiger partial charge in [0.25, 0.3) is 0 Å². The van der Waals surface area contributed by atoms with Gasteiger partial charge in [-0.05, 0) is 51.4 Å². The first-order valence-electron chi connectivity index (χ1n) is 43.9. The molecule has 1 amide bonds. The molecule has 0 saturated heterocycles. The van der Waals surface area contributed by atoms with Gasteiger partial charge in [-0.15, -0.1) is 0 Å². The molecule has 0 saturated carbocycles. The summed E-state index contributed by atoms with van der Waals surface area (Å²) in [7, 11) is 0. The van der Waals surface area contributed by atoms with Crippen LogP contribution in [0.3, 0.4) is 0 Å². The molecule has 2 atom stereocenters. The number of rotatable bonds is 84. The fraction of sp³-hybridized carbons (Fsp3) is 0.955. The number of aliphatic hydroxyl groups is 2. The number of carbonyl (C=O) groups excluding carboxylic acids is 2. The molecule has 6 nitrogen and oxygen atoms in total.